The van der Waals surface area contributed by atoms with Gasteiger partial charge in [-0.05, 0) is 19.8 Å². The summed E-state index contributed by atoms with van der Waals surface area (Å²) in [5.74, 6) is 2.51. The lowest BCUT2D eigenvalue weighted by molar-refractivity contribution is 0.233. The van der Waals surface area contributed by atoms with Gasteiger partial charge in [-0.15, -0.1) is 18.9 Å². The number of amides is 2. The van der Waals surface area contributed by atoms with E-state index >= 15 is 0 Å². The highest BCUT2D eigenvalue weighted by Gasteiger charge is 2.10. The summed E-state index contributed by atoms with van der Waals surface area (Å²) in [7, 11) is 0. The van der Waals surface area contributed by atoms with Crippen LogP contribution in [0.1, 0.15) is 33.1 Å². The van der Waals surface area contributed by atoms with E-state index in [0.29, 0.717) is 6.42 Å². The van der Waals surface area contributed by atoms with Gasteiger partial charge in [-0.25, -0.2) is 4.79 Å². The van der Waals surface area contributed by atoms with Crippen LogP contribution in [-0.4, -0.2) is 18.1 Å². The Labute approximate surface area is 92.3 Å². The van der Waals surface area contributed by atoms with Gasteiger partial charge in [0.1, 0.15) is 0 Å². The van der Waals surface area contributed by atoms with Crippen LogP contribution in [0.15, 0.2) is 12.7 Å². The standard InChI is InChI=1S/C12H20N2O/c1-5-8-10(4)13-12(15)14-11(7-3)9-6-2/h1,6,10-11H,2,7-9H2,3-4H3,(H2,13,14,15)/t10-,11+/m0/s1. The molecule has 0 aromatic heterocycles. The Morgan fingerprint density at radius 1 is 1.60 bits per heavy atom. The molecule has 0 bridgehead atoms. The molecule has 0 heterocycles. The Bertz CT molecular complexity index is 242. The molecular weight excluding hydrogens is 188 g/mol. The first kappa shape index (κ1) is 13.6. The van der Waals surface area contributed by atoms with Gasteiger partial charge in [0.05, 0.1) is 0 Å². The van der Waals surface area contributed by atoms with E-state index in [-0.39, 0.29) is 18.1 Å². The number of carbonyl (C=O) groups is 1. The second-order valence-corrected chi connectivity index (χ2v) is 3.56. The van der Waals surface area contributed by atoms with E-state index in [1.807, 2.05) is 13.8 Å². The zero-order valence-corrected chi connectivity index (χ0v) is 9.55. The molecule has 3 heteroatoms. The normalized spacial score (nSPS) is 13.4. The SMILES string of the molecule is C#CC[C@H](C)NC(=O)N[C@H](CC)CC=C. The Morgan fingerprint density at radius 3 is 2.73 bits per heavy atom. The monoisotopic (exact) mass is 208 g/mol. The Hall–Kier alpha value is -1.43. The molecule has 2 amide bonds. The van der Waals surface area contributed by atoms with Gasteiger partial charge in [0.15, 0.2) is 0 Å². The Balaban J connectivity index is 3.90. The summed E-state index contributed by atoms with van der Waals surface area (Å²) in [4.78, 5) is 11.4. The summed E-state index contributed by atoms with van der Waals surface area (Å²) in [5, 5.41) is 5.64. The molecule has 0 fully saturated rings. The van der Waals surface area contributed by atoms with Crippen LogP contribution in [0.3, 0.4) is 0 Å². The largest absolute Gasteiger partial charge is 0.335 e. The highest BCUT2D eigenvalue weighted by molar-refractivity contribution is 5.74. The average molecular weight is 208 g/mol. The van der Waals surface area contributed by atoms with Crippen LogP contribution in [0.5, 0.6) is 0 Å². The minimum absolute atomic E-state index is 0.0104. The molecular formula is C12H20N2O. The summed E-state index contributed by atoms with van der Waals surface area (Å²) in [6.45, 7) is 7.56. The predicted octanol–water partition coefficient (Wildman–Crippen LogP) is 2.05. The Morgan fingerprint density at radius 2 is 2.27 bits per heavy atom. The first-order valence-electron chi connectivity index (χ1n) is 5.25. The van der Waals surface area contributed by atoms with Gasteiger partial charge in [0.2, 0.25) is 0 Å². The van der Waals surface area contributed by atoms with Crippen molar-refractivity contribution in [1.82, 2.24) is 10.6 Å². The first-order chi connectivity index (χ1) is 7.13. The first-order valence-corrected chi connectivity index (χ1v) is 5.25. The van der Waals surface area contributed by atoms with Crippen molar-refractivity contribution in [3.63, 3.8) is 0 Å². The third-order valence-electron chi connectivity index (χ3n) is 2.08. The average Bonchev–Trinajstić information content (AvgIpc) is 2.17. The molecule has 0 spiro atoms. The third kappa shape index (κ3) is 6.62. The molecule has 0 aromatic carbocycles. The molecule has 0 rings (SSSR count). The van der Waals surface area contributed by atoms with Gasteiger partial charge in [0.25, 0.3) is 0 Å². The molecule has 0 radical (unpaired) electrons. The van der Waals surface area contributed by atoms with Gasteiger partial charge >= 0.3 is 6.03 Å². The summed E-state index contributed by atoms with van der Waals surface area (Å²) < 4.78 is 0. The van der Waals surface area contributed by atoms with Crippen LogP contribution in [0, 0.1) is 12.3 Å². The number of nitrogens with one attached hydrogen (secondary N) is 2. The summed E-state index contributed by atoms with van der Waals surface area (Å²) >= 11 is 0. The van der Waals surface area contributed by atoms with Crippen molar-refractivity contribution in [2.24, 2.45) is 0 Å². The molecule has 0 unspecified atom stereocenters. The van der Waals surface area contributed by atoms with Crippen molar-refractivity contribution in [1.29, 1.82) is 0 Å². The van der Waals surface area contributed by atoms with E-state index in [2.05, 4.69) is 23.1 Å². The molecule has 0 aromatic rings. The van der Waals surface area contributed by atoms with Gasteiger partial charge in [0, 0.05) is 18.5 Å². The minimum Gasteiger partial charge on any atom is -0.335 e. The maximum absolute atomic E-state index is 11.4. The topological polar surface area (TPSA) is 41.1 Å². The van der Waals surface area contributed by atoms with Crippen molar-refractivity contribution in [3.8, 4) is 12.3 Å². The summed E-state index contributed by atoms with van der Waals surface area (Å²) in [6, 6.07) is 0.00298. The van der Waals surface area contributed by atoms with Crippen molar-refractivity contribution in [3.05, 3.63) is 12.7 Å². The van der Waals surface area contributed by atoms with E-state index < -0.39 is 0 Å². The minimum atomic E-state index is -0.161. The van der Waals surface area contributed by atoms with Crippen molar-refractivity contribution in [2.75, 3.05) is 0 Å². The second kappa shape index (κ2) is 7.93. The van der Waals surface area contributed by atoms with Crippen molar-refractivity contribution < 1.29 is 4.79 Å². The fourth-order valence-corrected chi connectivity index (χ4v) is 1.21. The molecule has 2 N–H and O–H groups in total. The molecule has 3 nitrogen and oxygen atoms in total. The maximum Gasteiger partial charge on any atom is 0.315 e. The number of hydrogen-bond acceptors (Lipinski definition) is 1. The van der Waals surface area contributed by atoms with E-state index in [4.69, 9.17) is 6.42 Å². The van der Waals surface area contributed by atoms with Crippen molar-refractivity contribution in [2.45, 2.75) is 45.2 Å². The van der Waals surface area contributed by atoms with Crippen LogP contribution >= 0.6 is 0 Å². The van der Waals surface area contributed by atoms with Gasteiger partial charge in [-0.2, -0.15) is 0 Å². The van der Waals surface area contributed by atoms with E-state index in [0.717, 1.165) is 12.8 Å². The zero-order valence-electron chi connectivity index (χ0n) is 9.55. The number of rotatable bonds is 6. The summed E-state index contributed by atoms with van der Waals surface area (Å²) in [6.07, 6.45) is 9.17. The number of urea groups is 1. The molecule has 2 atom stereocenters. The smallest absolute Gasteiger partial charge is 0.315 e. The Kier molecular flexibility index (Phi) is 7.17. The van der Waals surface area contributed by atoms with Crippen LogP contribution in [-0.2, 0) is 0 Å². The van der Waals surface area contributed by atoms with E-state index in [1.54, 1.807) is 6.08 Å². The fraction of sp³-hybridized carbons (Fsp3) is 0.583. The van der Waals surface area contributed by atoms with Crippen LogP contribution in [0.25, 0.3) is 0 Å². The van der Waals surface area contributed by atoms with Crippen LogP contribution in [0.2, 0.25) is 0 Å². The number of hydrogen-bond donors (Lipinski definition) is 2. The third-order valence-corrected chi connectivity index (χ3v) is 2.08. The molecule has 0 aliphatic rings. The molecule has 0 aliphatic heterocycles. The number of carbonyl (C=O) groups excluding carboxylic acids is 1. The lowest BCUT2D eigenvalue weighted by Gasteiger charge is -2.17. The quantitative estimate of drug-likeness (QED) is 0.509. The van der Waals surface area contributed by atoms with Gasteiger partial charge < -0.3 is 10.6 Å². The molecule has 0 aliphatic carbocycles. The molecule has 0 saturated heterocycles. The highest BCUT2D eigenvalue weighted by Crippen LogP contribution is 1.98. The van der Waals surface area contributed by atoms with E-state index in [9.17, 15) is 4.79 Å². The second-order valence-electron chi connectivity index (χ2n) is 3.56. The summed E-state index contributed by atoms with van der Waals surface area (Å²) in [5.41, 5.74) is 0. The molecule has 84 valence electrons. The predicted molar refractivity (Wildman–Crippen MR) is 63.5 cm³/mol. The van der Waals surface area contributed by atoms with Crippen LogP contribution < -0.4 is 10.6 Å². The van der Waals surface area contributed by atoms with Crippen molar-refractivity contribution >= 4 is 6.03 Å². The lowest BCUT2D eigenvalue weighted by Crippen LogP contribution is -2.45. The number of terminal acetylenes is 1. The fourth-order valence-electron chi connectivity index (χ4n) is 1.21. The molecule has 0 saturated carbocycles. The maximum atomic E-state index is 11.4. The highest BCUT2D eigenvalue weighted by atomic mass is 16.2. The van der Waals surface area contributed by atoms with Gasteiger partial charge in [-0.3, -0.25) is 0 Å². The van der Waals surface area contributed by atoms with E-state index in [1.165, 1.54) is 0 Å². The lowest BCUT2D eigenvalue weighted by atomic mass is 10.1. The molecule has 15 heavy (non-hydrogen) atoms. The van der Waals surface area contributed by atoms with Crippen LogP contribution in [0.4, 0.5) is 4.79 Å². The van der Waals surface area contributed by atoms with Gasteiger partial charge in [-0.1, -0.05) is 13.0 Å². The zero-order chi connectivity index (χ0) is 11.7.